The number of alkyl halides is 3. The van der Waals surface area contributed by atoms with Gasteiger partial charge in [0.1, 0.15) is 19.0 Å². The molecule has 0 saturated carbocycles. The maximum absolute atomic E-state index is 12.7. The lowest BCUT2D eigenvalue weighted by Gasteiger charge is -2.41. The molecule has 9 heteroatoms. The molecule has 4 aliphatic rings. The van der Waals surface area contributed by atoms with Gasteiger partial charge in [-0.2, -0.15) is 0 Å². The lowest BCUT2D eigenvalue weighted by atomic mass is 9.89. The minimum atomic E-state index is -4.60. The molecule has 0 amide bonds. The van der Waals surface area contributed by atoms with E-state index in [1.54, 1.807) is 7.11 Å². The second kappa shape index (κ2) is 8.55. The molecule has 186 valence electrons. The van der Waals surface area contributed by atoms with Crippen LogP contribution in [0.25, 0.3) is 11.8 Å². The van der Waals surface area contributed by atoms with Crippen LogP contribution in [0.5, 0.6) is 17.2 Å². The first-order chi connectivity index (χ1) is 16.9. The normalized spacial score (nSPS) is 19.5. The monoisotopic (exact) mass is 488 g/mol. The van der Waals surface area contributed by atoms with Crippen molar-refractivity contribution in [3.63, 3.8) is 0 Å². The molecule has 0 bridgehead atoms. The van der Waals surface area contributed by atoms with Crippen LogP contribution in [0.1, 0.15) is 35.1 Å². The molecule has 4 heterocycles. The first-order valence-corrected chi connectivity index (χ1v) is 12.0. The number of methoxy groups -OCH3 is 1. The van der Waals surface area contributed by atoms with Crippen LogP contribution in [0.4, 0.5) is 18.9 Å². The number of nitrogens with zero attached hydrogens (tertiary/aromatic N) is 2. The molecule has 2 aromatic carbocycles. The first kappa shape index (κ1) is 22.4. The average molecular weight is 489 g/mol. The van der Waals surface area contributed by atoms with Gasteiger partial charge in [0.25, 0.3) is 0 Å². The third kappa shape index (κ3) is 4.16. The van der Waals surface area contributed by atoms with Gasteiger partial charge < -0.3 is 24.0 Å². The summed E-state index contributed by atoms with van der Waals surface area (Å²) in [6, 6.07) is 8.20. The lowest BCUT2D eigenvalue weighted by Crippen LogP contribution is -2.40. The first-order valence-electron chi connectivity index (χ1n) is 12.0. The number of anilines is 1. The molecule has 0 atom stereocenters. The Morgan fingerprint density at radius 1 is 0.971 bits per heavy atom. The Morgan fingerprint density at radius 2 is 1.71 bits per heavy atom. The predicted molar refractivity (Wildman–Crippen MR) is 125 cm³/mol. The number of fused-ring (bicyclic) bond motifs is 5. The number of hydrogen-bond acceptors (Lipinski definition) is 6. The summed E-state index contributed by atoms with van der Waals surface area (Å²) in [7, 11) is 1.64. The van der Waals surface area contributed by atoms with Gasteiger partial charge in [-0.15, -0.1) is 13.2 Å². The Hall–Kier alpha value is -3.07. The molecular weight excluding hydrogens is 461 g/mol. The quantitative estimate of drug-likeness (QED) is 0.616. The van der Waals surface area contributed by atoms with Crippen molar-refractivity contribution in [3.05, 3.63) is 46.5 Å². The van der Waals surface area contributed by atoms with Gasteiger partial charge in [-0.3, -0.25) is 4.74 Å². The fraction of sp³-hybridized carbons (Fsp3) is 0.462. The van der Waals surface area contributed by atoms with Gasteiger partial charge in [0, 0.05) is 43.0 Å². The number of benzene rings is 2. The zero-order valence-corrected chi connectivity index (χ0v) is 19.5. The van der Waals surface area contributed by atoms with Gasteiger partial charge in [0.05, 0.1) is 18.9 Å². The molecule has 1 fully saturated rings. The summed E-state index contributed by atoms with van der Waals surface area (Å²) >= 11 is 0. The van der Waals surface area contributed by atoms with Crippen molar-refractivity contribution in [2.24, 2.45) is 0 Å². The molecule has 0 spiro atoms. The van der Waals surface area contributed by atoms with E-state index < -0.39 is 12.5 Å². The van der Waals surface area contributed by atoms with E-state index in [0.29, 0.717) is 45.7 Å². The SMILES string of the molecule is COc1ccc2c(c1N1CCC(OC(F)(F)F)CC1)CN1CCc3cc4c(cc3C1=C2)OCCO4. The van der Waals surface area contributed by atoms with E-state index in [1.807, 2.05) is 6.07 Å². The van der Waals surface area contributed by atoms with E-state index in [4.69, 9.17) is 14.2 Å². The standard InChI is InChI=1S/C26H27F3N2O4/c1-32-22-3-2-16-12-21-19-14-24-23(33-10-11-34-24)13-17(19)4-7-31(21)15-20(16)25(22)30-8-5-18(6-9-30)35-26(27,28)29/h2-3,12-14,18H,4-11,15H2,1H3. The average Bonchev–Trinajstić information content (AvgIpc) is 2.85. The lowest BCUT2D eigenvalue weighted by molar-refractivity contribution is -0.344. The van der Waals surface area contributed by atoms with Crippen LogP contribution in [0.2, 0.25) is 0 Å². The zero-order valence-electron chi connectivity index (χ0n) is 19.5. The number of hydrogen-bond donors (Lipinski definition) is 0. The maximum Gasteiger partial charge on any atom is 0.522 e. The zero-order chi connectivity index (χ0) is 24.2. The van der Waals surface area contributed by atoms with E-state index in [9.17, 15) is 13.2 Å². The number of rotatable bonds is 3. The Morgan fingerprint density at radius 3 is 2.43 bits per heavy atom. The van der Waals surface area contributed by atoms with Crippen LogP contribution in [-0.2, 0) is 17.7 Å². The van der Waals surface area contributed by atoms with Crippen molar-refractivity contribution in [3.8, 4) is 17.2 Å². The van der Waals surface area contributed by atoms with Crippen LogP contribution >= 0.6 is 0 Å². The van der Waals surface area contributed by atoms with E-state index in [2.05, 4.69) is 38.8 Å². The van der Waals surface area contributed by atoms with E-state index >= 15 is 0 Å². The summed E-state index contributed by atoms with van der Waals surface area (Å²) in [5, 5.41) is 0. The molecule has 4 aliphatic heterocycles. The van der Waals surface area contributed by atoms with Crippen LogP contribution in [0.3, 0.4) is 0 Å². The second-order valence-corrected chi connectivity index (χ2v) is 9.29. The van der Waals surface area contributed by atoms with Gasteiger partial charge >= 0.3 is 6.36 Å². The van der Waals surface area contributed by atoms with Crippen LogP contribution in [0, 0.1) is 0 Å². The molecule has 6 rings (SSSR count). The second-order valence-electron chi connectivity index (χ2n) is 9.29. The van der Waals surface area contributed by atoms with E-state index in [1.165, 1.54) is 5.56 Å². The highest BCUT2D eigenvalue weighted by molar-refractivity contribution is 5.88. The van der Waals surface area contributed by atoms with Gasteiger partial charge in [0.15, 0.2) is 11.5 Å². The van der Waals surface area contributed by atoms with E-state index in [-0.39, 0.29) is 0 Å². The molecule has 0 aliphatic carbocycles. The summed E-state index contributed by atoms with van der Waals surface area (Å²) < 4.78 is 59.6. The Labute approximate surface area is 201 Å². The van der Waals surface area contributed by atoms with Crippen molar-refractivity contribution in [1.29, 1.82) is 0 Å². The van der Waals surface area contributed by atoms with Gasteiger partial charge in [0.2, 0.25) is 0 Å². The molecule has 35 heavy (non-hydrogen) atoms. The largest absolute Gasteiger partial charge is 0.522 e. The smallest absolute Gasteiger partial charge is 0.495 e. The van der Waals surface area contributed by atoms with E-state index in [0.717, 1.165) is 58.3 Å². The molecular formula is C26H27F3N2O4. The molecule has 6 nitrogen and oxygen atoms in total. The fourth-order valence-corrected chi connectivity index (χ4v) is 5.62. The predicted octanol–water partition coefficient (Wildman–Crippen LogP) is 4.84. The van der Waals surface area contributed by atoms with Crippen LogP contribution in [0.15, 0.2) is 24.3 Å². The van der Waals surface area contributed by atoms with Crippen molar-refractivity contribution in [2.45, 2.75) is 38.3 Å². The number of halogens is 3. The molecule has 0 N–H and O–H groups in total. The molecule has 0 unspecified atom stereocenters. The topological polar surface area (TPSA) is 43.4 Å². The summed E-state index contributed by atoms with van der Waals surface area (Å²) in [5.41, 5.74) is 6.78. The highest BCUT2D eigenvalue weighted by atomic mass is 19.4. The van der Waals surface area contributed by atoms with Gasteiger partial charge in [-0.05, 0) is 54.7 Å². The Balaban J connectivity index is 1.34. The third-order valence-corrected chi connectivity index (χ3v) is 7.24. The van der Waals surface area contributed by atoms with Crippen molar-refractivity contribution in [2.75, 3.05) is 44.9 Å². The van der Waals surface area contributed by atoms with Crippen molar-refractivity contribution in [1.82, 2.24) is 4.90 Å². The highest BCUT2D eigenvalue weighted by Gasteiger charge is 2.36. The van der Waals surface area contributed by atoms with Crippen LogP contribution in [-0.4, -0.2) is 57.3 Å². The summed E-state index contributed by atoms with van der Waals surface area (Å²) in [4.78, 5) is 4.51. The minimum absolute atomic E-state index is 0.317. The van der Waals surface area contributed by atoms with Gasteiger partial charge in [-0.1, -0.05) is 6.07 Å². The summed E-state index contributed by atoms with van der Waals surface area (Å²) in [6.07, 6.45) is -1.67. The summed E-state index contributed by atoms with van der Waals surface area (Å²) in [5.74, 6) is 2.33. The molecule has 0 aromatic heterocycles. The van der Waals surface area contributed by atoms with Crippen LogP contribution < -0.4 is 19.1 Å². The number of piperidine rings is 1. The minimum Gasteiger partial charge on any atom is -0.495 e. The highest BCUT2D eigenvalue weighted by Crippen LogP contribution is 2.46. The molecule has 2 aromatic rings. The summed E-state index contributed by atoms with van der Waals surface area (Å²) in [6.45, 7) is 3.66. The van der Waals surface area contributed by atoms with Crippen molar-refractivity contribution < 1.29 is 32.1 Å². The fourth-order valence-electron chi connectivity index (χ4n) is 5.62. The number of ether oxygens (including phenoxy) is 4. The maximum atomic E-state index is 12.7. The third-order valence-electron chi connectivity index (χ3n) is 7.24. The Kier molecular flexibility index (Phi) is 5.47. The Bertz CT molecular complexity index is 1170. The van der Waals surface area contributed by atoms with Crippen molar-refractivity contribution >= 4 is 17.5 Å². The molecule has 1 saturated heterocycles. The van der Waals surface area contributed by atoms with Gasteiger partial charge in [-0.25, -0.2) is 0 Å². The molecule has 0 radical (unpaired) electrons.